The standard InChI is InChI=1S/C19H17F2N3O2/c20-16-6-4-14(13-17(16)21)19(26)24-11-9-23(10-12-24)18(25)7-5-15-3-1-2-8-22-15/h1-8,13H,9-12H2/b7-5+. The maximum absolute atomic E-state index is 13.3. The monoisotopic (exact) mass is 357 g/mol. The molecule has 134 valence electrons. The number of hydrogen-bond acceptors (Lipinski definition) is 3. The molecule has 0 spiro atoms. The number of carbonyl (C=O) groups excluding carboxylic acids is 2. The Morgan fingerprint density at radius 1 is 0.962 bits per heavy atom. The molecule has 7 heteroatoms. The molecular weight excluding hydrogens is 340 g/mol. The second-order valence-electron chi connectivity index (χ2n) is 5.83. The van der Waals surface area contributed by atoms with Crippen LogP contribution in [0.2, 0.25) is 0 Å². The molecule has 0 atom stereocenters. The Kier molecular flexibility index (Phi) is 5.36. The van der Waals surface area contributed by atoms with Crippen LogP contribution in [-0.4, -0.2) is 52.8 Å². The minimum Gasteiger partial charge on any atom is -0.336 e. The summed E-state index contributed by atoms with van der Waals surface area (Å²) in [5, 5.41) is 0. The molecule has 2 aromatic rings. The molecule has 1 fully saturated rings. The van der Waals surface area contributed by atoms with E-state index >= 15 is 0 Å². The zero-order chi connectivity index (χ0) is 18.5. The fraction of sp³-hybridized carbons (Fsp3) is 0.211. The van der Waals surface area contributed by atoms with E-state index in [0.717, 1.165) is 12.1 Å². The molecule has 1 saturated heterocycles. The van der Waals surface area contributed by atoms with Gasteiger partial charge in [0.25, 0.3) is 5.91 Å². The van der Waals surface area contributed by atoms with Gasteiger partial charge in [0, 0.05) is 44.0 Å². The van der Waals surface area contributed by atoms with E-state index < -0.39 is 11.6 Å². The van der Waals surface area contributed by atoms with Crippen molar-refractivity contribution in [1.29, 1.82) is 0 Å². The van der Waals surface area contributed by atoms with Gasteiger partial charge in [-0.1, -0.05) is 6.07 Å². The summed E-state index contributed by atoms with van der Waals surface area (Å²) in [4.78, 5) is 31.8. The highest BCUT2D eigenvalue weighted by molar-refractivity contribution is 5.95. The van der Waals surface area contributed by atoms with E-state index in [1.54, 1.807) is 29.3 Å². The molecular formula is C19H17F2N3O2. The summed E-state index contributed by atoms with van der Waals surface area (Å²) in [6.07, 6.45) is 4.74. The molecule has 0 radical (unpaired) electrons. The number of halogens is 2. The van der Waals surface area contributed by atoms with Crippen molar-refractivity contribution < 1.29 is 18.4 Å². The van der Waals surface area contributed by atoms with E-state index in [4.69, 9.17) is 0 Å². The number of rotatable bonds is 3. The molecule has 1 aromatic carbocycles. The van der Waals surface area contributed by atoms with E-state index in [-0.39, 0.29) is 17.4 Å². The fourth-order valence-electron chi connectivity index (χ4n) is 2.68. The van der Waals surface area contributed by atoms with E-state index in [2.05, 4.69) is 4.98 Å². The number of carbonyl (C=O) groups is 2. The Morgan fingerprint density at radius 3 is 2.35 bits per heavy atom. The predicted molar refractivity (Wildman–Crippen MR) is 92.1 cm³/mol. The minimum absolute atomic E-state index is 0.0960. The van der Waals surface area contributed by atoms with E-state index in [9.17, 15) is 18.4 Å². The average Bonchev–Trinajstić information content (AvgIpc) is 2.68. The first kappa shape index (κ1) is 17.7. The van der Waals surface area contributed by atoms with Crippen LogP contribution in [0.4, 0.5) is 8.78 Å². The third-order valence-electron chi connectivity index (χ3n) is 4.13. The third-order valence-corrected chi connectivity index (χ3v) is 4.13. The smallest absolute Gasteiger partial charge is 0.254 e. The van der Waals surface area contributed by atoms with Gasteiger partial charge in [0.2, 0.25) is 5.91 Å². The molecule has 0 saturated carbocycles. The summed E-state index contributed by atoms with van der Waals surface area (Å²) >= 11 is 0. The summed E-state index contributed by atoms with van der Waals surface area (Å²) in [6, 6.07) is 8.51. The van der Waals surface area contributed by atoms with Crippen LogP contribution < -0.4 is 0 Å². The van der Waals surface area contributed by atoms with Crippen molar-refractivity contribution in [2.75, 3.05) is 26.2 Å². The van der Waals surface area contributed by atoms with Crippen LogP contribution in [0.3, 0.4) is 0 Å². The van der Waals surface area contributed by atoms with E-state index in [1.165, 1.54) is 17.0 Å². The van der Waals surface area contributed by atoms with Gasteiger partial charge in [-0.15, -0.1) is 0 Å². The van der Waals surface area contributed by atoms with Crippen LogP contribution >= 0.6 is 0 Å². The number of piperazine rings is 1. The van der Waals surface area contributed by atoms with Gasteiger partial charge < -0.3 is 9.80 Å². The van der Waals surface area contributed by atoms with Crippen LogP contribution in [0, 0.1) is 11.6 Å². The summed E-state index contributed by atoms with van der Waals surface area (Å²) < 4.78 is 26.3. The summed E-state index contributed by atoms with van der Waals surface area (Å²) in [5.74, 6) is -2.57. The average molecular weight is 357 g/mol. The molecule has 0 N–H and O–H groups in total. The Morgan fingerprint density at radius 2 is 1.69 bits per heavy atom. The number of benzene rings is 1. The van der Waals surface area contributed by atoms with Gasteiger partial charge in [0.15, 0.2) is 11.6 Å². The quantitative estimate of drug-likeness (QED) is 0.793. The van der Waals surface area contributed by atoms with Crippen molar-refractivity contribution in [3.8, 4) is 0 Å². The SMILES string of the molecule is O=C(/C=C/c1ccccn1)N1CCN(C(=O)c2ccc(F)c(F)c2)CC1. The molecule has 1 aromatic heterocycles. The molecule has 3 rings (SSSR count). The summed E-state index contributed by atoms with van der Waals surface area (Å²) in [6.45, 7) is 1.42. The maximum atomic E-state index is 13.3. The summed E-state index contributed by atoms with van der Waals surface area (Å²) in [5.41, 5.74) is 0.784. The maximum Gasteiger partial charge on any atom is 0.254 e. The van der Waals surface area contributed by atoms with Crippen molar-refractivity contribution in [1.82, 2.24) is 14.8 Å². The van der Waals surface area contributed by atoms with Crippen molar-refractivity contribution in [3.63, 3.8) is 0 Å². The summed E-state index contributed by atoms with van der Waals surface area (Å²) in [7, 11) is 0. The molecule has 2 amide bonds. The van der Waals surface area contributed by atoms with Gasteiger partial charge >= 0.3 is 0 Å². The van der Waals surface area contributed by atoms with Gasteiger partial charge in [-0.3, -0.25) is 14.6 Å². The van der Waals surface area contributed by atoms with Crippen molar-refractivity contribution in [3.05, 3.63) is 71.6 Å². The Bertz CT molecular complexity index is 832. The van der Waals surface area contributed by atoms with E-state index in [0.29, 0.717) is 31.9 Å². The Hall–Kier alpha value is -3.09. The van der Waals surface area contributed by atoms with Crippen molar-refractivity contribution >= 4 is 17.9 Å². The fourth-order valence-corrected chi connectivity index (χ4v) is 2.68. The van der Waals surface area contributed by atoms with Gasteiger partial charge in [-0.25, -0.2) is 8.78 Å². The lowest BCUT2D eigenvalue weighted by Gasteiger charge is -2.34. The van der Waals surface area contributed by atoms with Crippen LogP contribution in [0.1, 0.15) is 16.1 Å². The lowest BCUT2D eigenvalue weighted by Crippen LogP contribution is -2.50. The highest BCUT2D eigenvalue weighted by Gasteiger charge is 2.24. The van der Waals surface area contributed by atoms with Crippen LogP contribution in [0.15, 0.2) is 48.7 Å². The third kappa shape index (κ3) is 4.11. The first-order valence-electron chi connectivity index (χ1n) is 8.17. The predicted octanol–water partition coefficient (Wildman–Crippen LogP) is 2.36. The normalized spacial score (nSPS) is 14.7. The second kappa shape index (κ2) is 7.86. The minimum atomic E-state index is -1.05. The van der Waals surface area contributed by atoms with Crippen LogP contribution in [0.5, 0.6) is 0 Å². The topological polar surface area (TPSA) is 53.5 Å². The molecule has 26 heavy (non-hydrogen) atoms. The zero-order valence-corrected chi connectivity index (χ0v) is 13.9. The highest BCUT2D eigenvalue weighted by Crippen LogP contribution is 2.13. The number of hydrogen-bond donors (Lipinski definition) is 0. The van der Waals surface area contributed by atoms with Gasteiger partial charge in [-0.2, -0.15) is 0 Å². The van der Waals surface area contributed by atoms with Crippen molar-refractivity contribution in [2.24, 2.45) is 0 Å². The molecule has 0 unspecified atom stereocenters. The van der Waals surface area contributed by atoms with Crippen molar-refractivity contribution in [2.45, 2.75) is 0 Å². The van der Waals surface area contributed by atoms with Gasteiger partial charge in [0.1, 0.15) is 0 Å². The molecule has 0 aliphatic carbocycles. The number of pyridine rings is 1. The van der Waals surface area contributed by atoms with Crippen LogP contribution in [-0.2, 0) is 4.79 Å². The Labute approximate surface area is 149 Å². The number of nitrogens with zero attached hydrogens (tertiary/aromatic N) is 3. The van der Waals surface area contributed by atoms with Crippen LogP contribution in [0.25, 0.3) is 6.08 Å². The zero-order valence-electron chi connectivity index (χ0n) is 13.9. The molecule has 1 aliphatic rings. The number of aromatic nitrogens is 1. The van der Waals surface area contributed by atoms with E-state index in [1.807, 2.05) is 6.07 Å². The first-order chi connectivity index (χ1) is 12.5. The lowest BCUT2D eigenvalue weighted by molar-refractivity contribution is -0.127. The first-order valence-corrected chi connectivity index (χ1v) is 8.17. The molecule has 5 nitrogen and oxygen atoms in total. The highest BCUT2D eigenvalue weighted by atomic mass is 19.2. The second-order valence-corrected chi connectivity index (χ2v) is 5.83. The largest absolute Gasteiger partial charge is 0.336 e. The lowest BCUT2D eigenvalue weighted by atomic mass is 10.1. The Balaban J connectivity index is 1.56. The molecule has 2 heterocycles. The van der Waals surface area contributed by atoms with Gasteiger partial charge in [-0.05, 0) is 36.4 Å². The molecule has 0 bridgehead atoms. The molecule has 1 aliphatic heterocycles. The van der Waals surface area contributed by atoms with Gasteiger partial charge in [0.05, 0.1) is 5.69 Å². The number of amides is 2.